The summed E-state index contributed by atoms with van der Waals surface area (Å²) in [7, 11) is 0. The number of hydrogen-bond donors (Lipinski definition) is 2. The number of carbonyl (C=O) groups excluding carboxylic acids is 2. The fourth-order valence-corrected chi connectivity index (χ4v) is 3.23. The van der Waals surface area contributed by atoms with E-state index in [1.54, 1.807) is 12.1 Å². The normalized spacial score (nSPS) is 13.2. The lowest BCUT2D eigenvalue weighted by molar-refractivity contribution is -0.114. The third-order valence-electron chi connectivity index (χ3n) is 4.89. The molecular weight excluding hydrogens is 366 g/mol. The highest BCUT2D eigenvalue weighted by atomic mass is 16.5. The lowest BCUT2D eigenvalue weighted by Gasteiger charge is -2.15. The molecule has 29 heavy (non-hydrogen) atoms. The van der Waals surface area contributed by atoms with Gasteiger partial charge in [0.15, 0.2) is 0 Å². The molecule has 1 heterocycles. The van der Waals surface area contributed by atoms with Crippen LogP contribution in [0.15, 0.2) is 48.5 Å². The van der Waals surface area contributed by atoms with E-state index in [4.69, 9.17) is 4.74 Å². The number of rotatable bonds is 9. The molecule has 0 radical (unpaired) electrons. The summed E-state index contributed by atoms with van der Waals surface area (Å²) in [6.45, 7) is 4.54. The van der Waals surface area contributed by atoms with Crippen LogP contribution in [0.3, 0.4) is 0 Å². The van der Waals surface area contributed by atoms with E-state index in [1.807, 2.05) is 41.3 Å². The van der Waals surface area contributed by atoms with Crippen LogP contribution in [0.4, 0.5) is 11.4 Å². The minimum atomic E-state index is -0.159. The van der Waals surface area contributed by atoms with Gasteiger partial charge in [-0.15, -0.1) is 0 Å². The Bertz CT molecular complexity index is 814. The number of hydrogen-bond acceptors (Lipinski definition) is 4. The Balaban J connectivity index is 1.50. The molecule has 154 valence electrons. The van der Waals surface area contributed by atoms with Gasteiger partial charge in [0.1, 0.15) is 5.75 Å². The molecule has 1 aliphatic rings. The molecule has 1 fully saturated rings. The molecule has 1 saturated heterocycles. The molecule has 2 amide bonds. The Morgan fingerprint density at radius 3 is 2.48 bits per heavy atom. The van der Waals surface area contributed by atoms with E-state index >= 15 is 0 Å². The average molecular weight is 396 g/mol. The lowest BCUT2D eigenvalue weighted by Crippen LogP contribution is -2.27. The summed E-state index contributed by atoms with van der Waals surface area (Å²) >= 11 is 0. The average Bonchev–Trinajstić information content (AvgIpc) is 3.28. The maximum absolute atomic E-state index is 12.4. The zero-order valence-corrected chi connectivity index (χ0v) is 16.9. The van der Waals surface area contributed by atoms with Gasteiger partial charge in [-0.1, -0.05) is 25.5 Å². The standard InChI is InChI=1S/C23H29N3O3/c1-2-3-16-29-21-9-5-4-8-20(21)25-22(27)17-24-19-12-10-18(11-13-19)23(28)26-14-6-7-15-26/h4-5,8-13,24H,2-3,6-7,14-17H2,1H3,(H,25,27). The summed E-state index contributed by atoms with van der Waals surface area (Å²) in [4.78, 5) is 26.6. The second kappa shape index (κ2) is 10.5. The second-order valence-electron chi connectivity index (χ2n) is 7.18. The summed E-state index contributed by atoms with van der Waals surface area (Å²) in [5.41, 5.74) is 2.15. The highest BCUT2D eigenvalue weighted by Crippen LogP contribution is 2.24. The highest BCUT2D eigenvalue weighted by molar-refractivity contribution is 5.96. The predicted molar refractivity (Wildman–Crippen MR) is 116 cm³/mol. The van der Waals surface area contributed by atoms with Crippen molar-refractivity contribution in [3.8, 4) is 5.75 Å². The number of benzene rings is 2. The maximum Gasteiger partial charge on any atom is 0.253 e. The third-order valence-corrected chi connectivity index (χ3v) is 4.89. The summed E-state index contributed by atoms with van der Waals surface area (Å²) in [6.07, 6.45) is 4.18. The number of nitrogens with zero attached hydrogens (tertiary/aromatic N) is 1. The molecule has 0 unspecified atom stereocenters. The summed E-state index contributed by atoms with van der Waals surface area (Å²) in [6, 6.07) is 14.7. The van der Waals surface area contributed by atoms with Gasteiger partial charge in [-0.2, -0.15) is 0 Å². The van der Waals surface area contributed by atoms with Crippen LogP contribution in [-0.4, -0.2) is 43.0 Å². The van der Waals surface area contributed by atoms with Gasteiger partial charge in [0.2, 0.25) is 5.91 Å². The van der Waals surface area contributed by atoms with E-state index in [0.717, 1.165) is 44.5 Å². The van der Waals surface area contributed by atoms with E-state index in [2.05, 4.69) is 17.6 Å². The molecule has 2 aromatic carbocycles. The van der Waals surface area contributed by atoms with Crippen LogP contribution in [-0.2, 0) is 4.79 Å². The molecule has 0 aromatic heterocycles. The fourth-order valence-electron chi connectivity index (χ4n) is 3.23. The van der Waals surface area contributed by atoms with Crippen molar-refractivity contribution in [2.24, 2.45) is 0 Å². The van der Waals surface area contributed by atoms with E-state index in [9.17, 15) is 9.59 Å². The van der Waals surface area contributed by atoms with Gasteiger partial charge in [-0.05, 0) is 55.7 Å². The van der Waals surface area contributed by atoms with E-state index in [1.165, 1.54) is 0 Å². The first-order valence-electron chi connectivity index (χ1n) is 10.3. The number of para-hydroxylation sites is 2. The van der Waals surface area contributed by atoms with Crippen molar-refractivity contribution in [3.05, 3.63) is 54.1 Å². The number of anilines is 2. The topological polar surface area (TPSA) is 70.7 Å². The molecule has 0 atom stereocenters. The zero-order valence-electron chi connectivity index (χ0n) is 16.9. The van der Waals surface area contributed by atoms with Crippen LogP contribution >= 0.6 is 0 Å². The lowest BCUT2D eigenvalue weighted by atomic mass is 10.2. The fraction of sp³-hybridized carbons (Fsp3) is 0.391. The van der Waals surface area contributed by atoms with Gasteiger partial charge in [0.25, 0.3) is 5.91 Å². The molecule has 6 heteroatoms. The quantitative estimate of drug-likeness (QED) is 0.626. The first-order chi connectivity index (χ1) is 14.2. The SMILES string of the molecule is CCCCOc1ccccc1NC(=O)CNc1ccc(C(=O)N2CCCC2)cc1. The highest BCUT2D eigenvalue weighted by Gasteiger charge is 2.19. The number of likely N-dealkylation sites (tertiary alicyclic amines) is 1. The van der Waals surface area contributed by atoms with Crippen molar-refractivity contribution in [2.75, 3.05) is 36.9 Å². The molecule has 3 rings (SSSR count). The molecule has 1 aliphatic heterocycles. The summed E-state index contributed by atoms with van der Waals surface area (Å²) in [5, 5.41) is 5.98. The van der Waals surface area contributed by atoms with E-state index < -0.39 is 0 Å². The van der Waals surface area contributed by atoms with Gasteiger partial charge in [0.05, 0.1) is 18.8 Å². The number of amides is 2. The Morgan fingerprint density at radius 1 is 1.03 bits per heavy atom. The Morgan fingerprint density at radius 2 is 1.76 bits per heavy atom. The largest absolute Gasteiger partial charge is 0.491 e. The summed E-state index contributed by atoms with van der Waals surface area (Å²) in [5.74, 6) is 0.597. The predicted octanol–water partition coefficient (Wildman–Crippen LogP) is 4.15. The molecular formula is C23H29N3O3. The van der Waals surface area contributed by atoms with Gasteiger partial charge in [0, 0.05) is 24.3 Å². The number of nitrogens with one attached hydrogen (secondary N) is 2. The first-order valence-corrected chi connectivity index (χ1v) is 10.3. The Kier molecular flexibility index (Phi) is 7.50. The van der Waals surface area contributed by atoms with Crippen molar-refractivity contribution in [1.29, 1.82) is 0 Å². The number of unbranched alkanes of at least 4 members (excludes halogenated alkanes) is 1. The van der Waals surface area contributed by atoms with Gasteiger partial charge >= 0.3 is 0 Å². The van der Waals surface area contributed by atoms with Crippen molar-refractivity contribution in [3.63, 3.8) is 0 Å². The third kappa shape index (κ3) is 5.98. The number of carbonyl (C=O) groups is 2. The maximum atomic E-state index is 12.4. The minimum Gasteiger partial charge on any atom is -0.491 e. The van der Waals surface area contributed by atoms with Gasteiger partial charge in [-0.25, -0.2) is 0 Å². The van der Waals surface area contributed by atoms with Crippen molar-refractivity contribution in [2.45, 2.75) is 32.6 Å². The van der Waals surface area contributed by atoms with Crippen LogP contribution in [0, 0.1) is 0 Å². The molecule has 0 aliphatic carbocycles. The molecule has 0 saturated carbocycles. The Hall–Kier alpha value is -3.02. The first kappa shape index (κ1) is 20.7. The van der Waals surface area contributed by atoms with E-state index in [0.29, 0.717) is 23.6 Å². The smallest absolute Gasteiger partial charge is 0.253 e. The molecule has 0 bridgehead atoms. The minimum absolute atomic E-state index is 0.0754. The molecule has 6 nitrogen and oxygen atoms in total. The van der Waals surface area contributed by atoms with Crippen LogP contribution in [0.2, 0.25) is 0 Å². The van der Waals surface area contributed by atoms with Crippen LogP contribution in [0.25, 0.3) is 0 Å². The van der Waals surface area contributed by atoms with Gasteiger partial charge < -0.3 is 20.3 Å². The van der Waals surface area contributed by atoms with Crippen molar-refractivity contribution >= 4 is 23.2 Å². The van der Waals surface area contributed by atoms with Gasteiger partial charge in [-0.3, -0.25) is 9.59 Å². The molecule has 2 N–H and O–H groups in total. The van der Waals surface area contributed by atoms with E-state index in [-0.39, 0.29) is 18.4 Å². The summed E-state index contributed by atoms with van der Waals surface area (Å²) < 4.78 is 5.75. The van der Waals surface area contributed by atoms with Crippen LogP contribution < -0.4 is 15.4 Å². The monoisotopic (exact) mass is 395 g/mol. The second-order valence-corrected chi connectivity index (χ2v) is 7.18. The molecule has 0 spiro atoms. The van der Waals surface area contributed by atoms with Crippen molar-refractivity contribution < 1.29 is 14.3 Å². The van der Waals surface area contributed by atoms with Crippen LogP contribution in [0.5, 0.6) is 5.75 Å². The Labute approximate surface area is 172 Å². The molecule has 2 aromatic rings. The zero-order chi connectivity index (χ0) is 20.5. The van der Waals surface area contributed by atoms with Crippen molar-refractivity contribution in [1.82, 2.24) is 4.90 Å². The van der Waals surface area contributed by atoms with Crippen LogP contribution in [0.1, 0.15) is 43.0 Å². The number of ether oxygens (including phenoxy) is 1.